The van der Waals surface area contributed by atoms with Crippen LogP contribution < -0.4 is 4.74 Å². The zero-order valence-corrected chi connectivity index (χ0v) is 11.3. The number of aliphatic imine (C=N–C) groups is 1. The molecule has 1 saturated carbocycles. The molecular weight excluding hydrogens is 254 g/mol. The maximum absolute atomic E-state index is 12.2. The Hall–Kier alpha value is -1.84. The number of para-hydroxylation sites is 1. The molecule has 0 aromatic heterocycles. The van der Waals surface area contributed by atoms with Crippen molar-refractivity contribution in [3.05, 3.63) is 29.8 Å². The van der Waals surface area contributed by atoms with Gasteiger partial charge in [-0.3, -0.25) is 0 Å². The van der Waals surface area contributed by atoms with Crippen molar-refractivity contribution in [2.75, 3.05) is 0 Å². The number of cyclic esters (lactones) is 1. The van der Waals surface area contributed by atoms with Crippen molar-refractivity contribution >= 4 is 11.9 Å². The van der Waals surface area contributed by atoms with Crippen LogP contribution in [0.15, 0.2) is 29.3 Å². The first-order chi connectivity index (χ1) is 9.77. The molecule has 4 nitrogen and oxygen atoms in total. The third-order valence-electron chi connectivity index (χ3n) is 4.50. The summed E-state index contributed by atoms with van der Waals surface area (Å²) in [7, 11) is 0. The van der Waals surface area contributed by atoms with Crippen molar-refractivity contribution < 1.29 is 14.3 Å². The number of hydrogen-bond donors (Lipinski definition) is 0. The van der Waals surface area contributed by atoms with Gasteiger partial charge in [0.2, 0.25) is 5.90 Å². The lowest BCUT2D eigenvalue weighted by Crippen LogP contribution is -2.35. The predicted molar refractivity (Wildman–Crippen MR) is 73.9 cm³/mol. The zero-order valence-electron chi connectivity index (χ0n) is 11.3. The minimum atomic E-state index is -0.605. The highest BCUT2D eigenvalue weighted by Crippen LogP contribution is 2.38. The lowest BCUT2D eigenvalue weighted by atomic mass is 9.83. The van der Waals surface area contributed by atoms with E-state index in [-0.39, 0.29) is 12.1 Å². The van der Waals surface area contributed by atoms with E-state index in [1.54, 1.807) is 0 Å². The number of benzene rings is 1. The predicted octanol–water partition coefficient (Wildman–Crippen LogP) is 2.65. The molecule has 3 aliphatic rings. The quantitative estimate of drug-likeness (QED) is 0.738. The Balaban J connectivity index is 1.59. The molecular formula is C16H17NO3. The smallest absolute Gasteiger partial charge is 0.340 e. The van der Waals surface area contributed by atoms with Gasteiger partial charge in [-0.15, -0.1) is 0 Å². The summed E-state index contributed by atoms with van der Waals surface area (Å²) < 4.78 is 11.3. The topological polar surface area (TPSA) is 47.9 Å². The van der Waals surface area contributed by atoms with Gasteiger partial charge in [0.15, 0.2) is 11.6 Å². The van der Waals surface area contributed by atoms with Crippen LogP contribution in [0.4, 0.5) is 0 Å². The number of fused-ring (bicyclic) bond motifs is 1. The van der Waals surface area contributed by atoms with E-state index in [9.17, 15) is 4.79 Å². The Bertz CT molecular complexity index is 562. The third-order valence-corrected chi connectivity index (χ3v) is 4.50. The number of nitrogens with zero attached hydrogens (tertiary/aromatic N) is 1. The number of ether oxygens (including phenoxy) is 2. The van der Waals surface area contributed by atoms with E-state index in [0.717, 1.165) is 43.4 Å². The molecule has 0 radical (unpaired) electrons. The van der Waals surface area contributed by atoms with Gasteiger partial charge >= 0.3 is 5.97 Å². The first-order valence-corrected chi connectivity index (χ1v) is 7.33. The van der Waals surface area contributed by atoms with Crippen molar-refractivity contribution in [1.29, 1.82) is 0 Å². The molecule has 0 saturated heterocycles. The SMILES string of the molecule is O=C1OC(C2Cc3ccccc3O2)=NC12CCCCC2. The van der Waals surface area contributed by atoms with Crippen LogP contribution in [0.25, 0.3) is 0 Å². The van der Waals surface area contributed by atoms with Gasteiger partial charge in [-0.05, 0) is 24.5 Å². The van der Waals surface area contributed by atoms with Gasteiger partial charge in [0.25, 0.3) is 0 Å². The molecule has 4 rings (SSSR count). The van der Waals surface area contributed by atoms with E-state index in [0.29, 0.717) is 5.90 Å². The van der Waals surface area contributed by atoms with Crippen LogP contribution in [0.2, 0.25) is 0 Å². The fourth-order valence-electron chi connectivity index (χ4n) is 3.38. The molecule has 2 aliphatic heterocycles. The van der Waals surface area contributed by atoms with E-state index in [1.165, 1.54) is 6.42 Å². The summed E-state index contributed by atoms with van der Waals surface area (Å²) in [5, 5.41) is 0. The highest BCUT2D eigenvalue weighted by atomic mass is 16.6. The van der Waals surface area contributed by atoms with E-state index in [2.05, 4.69) is 4.99 Å². The van der Waals surface area contributed by atoms with Crippen molar-refractivity contribution in [2.45, 2.75) is 50.2 Å². The summed E-state index contributed by atoms with van der Waals surface area (Å²) in [6.07, 6.45) is 5.42. The average Bonchev–Trinajstić information content (AvgIpc) is 3.03. The first-order valence-electron chi connectivity index (χ1n) is 7.33. The molecule has 1 fully saturated rings. The molecule has 0 bridgehead atoms. The molecule has 1 spiro atoms. The van der Waals surface area contributed by atoms with Gasteiger partial charge in [0, 0.05) is 6.42 Å². The monoisotopic (exact) mass is 271 g/mol. The Morgan fingerprint density at radius 3 is 2.75 bits per heavy atom. The fourth-order valence-corrected chi connectivity index (χ4v) is 3.38. The second kappa shape index (κ2) is 4.33. The molecule has 0 amide bonds. The molecule has 104 valence electrons. The van der Waals surface area contributed by atoms with Gasteiger partial charge in [-0.1, -0.05) is 37.5 Å². The maximum atomic E-state index is 12.2. The van der Waals surface area contributed by atoms with Gasteiger partial charge in [0.1, 0.15) is 5.75 Å². The normalized spacial score (nSPS) is 26.9. The van der Waals surface area contributed by atoms with Crippen LogP contribution in [0.5, 0.6) is 5.75 Å². The van der Waals surface area contributed by atoms with Gasteiger partial charge < -0.3 is 9.47 Å². The summed E-state index contributed by atoms with van der Waals surface area (Å²) in [6.45, 7) is 0. The van der Waals surface area contributed by atoms with Crippen molar-refractivity contribution in [1.82, 2.24) is 0 Å². The molecule has 20 heavy (non-hydrogen) atoms. The van der Waals surface area contributed by atoms with Crippen LogP contribution in [0.1, 0.15) is 37.7 Å². The second-order valence-corrected chi connectivity index (χ2v) is 5.85. The summed E-state index contributed by atoms with van der Waals surface area (Å²) in [5.41, 5.74) is 0.548. The summed E-state index contributed by atoms with van der Waals surface area (Å²) in [4.78, 5) is 16.8. The van der Waals surface area contributed by atoms with Crippen LogP contribution in [0.3, 0.4) is 0 Å². The number of rotatable bonds is 1. The van der Waals surface area contributed by atoms with Crippen LogP contribution in [-0.4, -0.2) is 23.5 Å². The van der Waals surface area contributed by atoms with Crippen LogP contribution in [-0.2, 0) is 16.0 Å². The van der Waals surface area contributed by atoms with Crippen molar-refractivity contribution in [3.63, 3.8) is 0 Å². The van der Waals surface area contributed by atoms with Gasteiger partial charge in [-0.25, -0.2) is 9.79 Å². The summed E-state index contributed by atoms with van der Waals surface area (Å²) in [5.74, 6) is 1.18. The minimum absolute atomic E-state index is 0.174. The average molecular weight is 271 g/mol. The van der Waals surface area contributed by atoms with Crippen LogP contribution >= 0.6 is 0 Å². The molecule has 0 N–H and O–H groups in total. The second-order valence-electron chi connectivity index (χ2n) is 5.85. The Morgan fingerprint density at radius 2 is 1.95 bits per heavy atom. The summed E-state index contributed by atoms with van der Waals surface area (Å²) in [6, 6.07) is 7.94. The van der Waals surface area contributed by atoms with Crippen molar-refractivity contribution in [2.24, 2.45) is 4.99 Å². The maximum Gasteiger partial charge on any atom is 0.340 e. The largest absolute Gasteiger partial charge is 0.480 e. The van der Waals surface area contributed by atoms with E-state index in [1.807, 2.05) is 24.3 Å². The first kappa shape index (κ1) is 11.9. The number of carbonyl (C=O) groups is 1. The van der Waals surface area contributed by atoms with E-state index in [4.69, 9.17) is 9.47 Å². The Morgan fingerprint density at radius 1 is 1.15 bits per heavy atom. The van der Waals surface area contributed by atoms with Crippen molar-refractivity contribution in [3.8, 4) is 5.75 Å². The third kappa shape index (κ3) is 1.74. The lowest BCUT2D eigenvalue weighted by Gasteiger charge is -2.25. The number of hydrogen-bond acceptors (Lipinski definition) is 4. The van der Waals surface area contributed by atoms with E-state index < -0.39 is 5.54 Å². The fraction of sp³-hybridized carbons (Fsp3) is 0.500. The number of esters is 1. The standard InChI is InChI=1S/C16H17NO3/c18-15-16(8-4-1-5-9-16)17-14(20-15)13-10-11-6-2-3-7-12(11)19-13/h2-3,6-7,13H,1,4-5,8-10H2. The van der Waals surface area contributed by atoms with Gasteiger partial charge in [-0.2, -0.15) is 0 Å². The Labute approximate surface area is 117 Å². The molecule has 1 aromatic rings. The van der Waals surface area contributed by atoms with E-state index >= 15 is 0 Å². The molecule has 1 aromatic carbocycles. The highest BCUT2D eigenvalue weighted by Gasteiger charge is 2.48. The lowest BCUT2D eigenvalue weighted by molar-refractivity contribution is -0.140. The Kier molecular flexibility index (Phi) is 2.59. The summed E-state index contributed by atoms with van der Waals surface area (Å²) >= 11 is 0. The minimum Gasteiger partial charge on any atom is -0.480 e. The highest BCUT2D eigenvalue weighted by molar-refractivity contribution is 6.02. The van der Waals surface area contributed by atoms with Gasteiger partial charge in [0.05, 0.1) is 0 Å². The molecule has 1 aliphatic carbocycles. The molecule has 4 heteroatoms. The zero-order chi connectivity index (χ0) is 13.6. The van der Waals surface area contributed by atoms with Crippen LogP contribution in [0, 0.1) is 0 Å². The molecule has 1 atom stereocenters. The molecule has 2 heterocycles. The molecule has 1 unspecified atom stereocenters. The number of carbonyl (C=O) groups excluding carboxylic acids is 1.